The zero-order chi connectivity index (χ0) is 22.0. The number of hydrogen-bond donors (Lipinski definition) is 2. The third-order valence-corrected chi connectivity index (χ3v) is 3.73. The van der Waals surface area contributed by atoms with Crippen LogP contribution in [0.4, 0.5) is 32.0 Å². The highest BCUT2D eigenvalue weighted by Crippen LogP contribution is 2.37. The van der Waals surface area contributed by atoms with E-state index in [1.807, 2.05) is 5.32 Å². The molecule has 2 aromatic rings. The van der Waals surface area contributed by atoms with Gasteiger partial charge in [0.05, 0.1) is 22.4 Å². The van der Waals surface area contributed by atoms with Gasteiger partial charge in [-0.3, -0.25) is 4.79 Å². The van der Waals surface area contributed by atoms with E-state index in [2.05, 4.69) is 9.99 Å². The first-order valence-electron chi connectivity index (χ1n) is 7.85. The van der Waals surface area contributed by atoms with Gasteiger partial charge in [0.25, 0.3) is 5.91 Å². The molecule has 0 radical (unpaired) electrons. The van der Waals surface area contributed by atoms with Gasteiger partial charge in [-0.15, -0.1) is 0 Å². The summed E-state index contributed by atoms with van der Waals surface area (Å²) in [6.45, 7) is 1.53. The molecule has 0 aliphatic carbocycles. The molecule has 0 aliphatic rings. The number of alkyl halides is 6. The van der Waals surface area contributed by atoms with E-state index in [9.17, 15) is 36.2 Å². The summed E-state index contributed by atoms with van der Waals surface area (Å²) in [5.41, 5.74) is -3.61. The van der Waals surface area contributed by atoms with Crippen LogP contribution in [-0.2, 0) is 17.2 Å². The summed E-state index contributed by atoms with van der Waals surface area (Å²) in [6, 6.07) is 4.37. The summed E-state index contributed by atoms with van der Waals surface area (Å²) in [4.78, 5) is 17.0. The maximum atomic E-state index is 12.9. The molecule has 11 heteroatoms. The zero-order valence-corrected chi connectivity index (χ0v) is 14.9. The summed E-state index contributed by atoms with van der Waals surface area (Å²) >= 11 is 0. The van der Waals surface area contributed by atoms with Gasteiger partial charge in [-0.05, 0) is 43.3 Å². The number of hydrogen-bond acceptors (Lipinski definition) is 4. The molecule has 0 heterocycles. The average molecular weight is 420 g/mol. The standard InChI is InChI=1S/C18H14F6N2O3/c1-9(26-29-2)10-3-4-15(27)14(5-10)16(28)25-13-7-11(17(19,20)21)6-12(8-13)18(22,23)24/h3-8,27H,1-2H3,(H,25,28)/b26-9+. The monoisotopic (exact) mass is 420 g/mol. The lowest BCUT2D eigenvalue weighted by Crippen LogP contribution is -2.16. The van der Waals surface area contributed by atoms with E-state index in [1.165, 1.54) is 26.2 Å². The number of benzene rings is 2. The molecule has 0 bridgehead atoms. The van der Waals surface area contributed by atoms with Gasteiger partial charge < -0.3 is 15.3 Å². The van der Waals surface area contributed by atoms with Crippen molar-refractivity contribution in [3.63, 3.8) is 0 Å². The van der Waals surface area contributed by atoms with Gasteiger partial charge in [-0.25, -0.2) is 0 Å². The Bertz CT molecular complexity index is 919. The number of rotatable bonds is 4. The molecule has 0 aromatic heterocycles. The normalized spacial score (nSPS) is 12.6. The summed E-state index contributed by atoms with van der Waals surface area (Å²) < 4.78 is 77.6. The van der Waals surface area contributed by atoms with Crippen molar-refractivity contribution in [3.8, 4) is 5.75 Å². The van der Waals surface area contributed by atoms with Crippen molar-refractivity contribution >= 4 is 17.3 Å². The van der Waals surface area contributed by atoms with Crippen LogP contribution in [0.25, 0.3) is 0 Å². The molecule has 5 nitrogen and oxygen atoms in total. The molecule has 0 fully saturated rings. The van der Waals surface area contributed by atoms with E-state index in [1.54, 1.807) is 0 Å². The number of nitrogens with zero attached hydrogens (tertiary/aromatic N) is 1. The second-order valence-electron chi connectivity index (χ2n) is 5.84. The van der Waals surface area contributed by atoms with E-state index < -0.39 is 40.8 Å². The molecule has 0 aliphatic heterocycles. The number of carbonyl (C=O) groups is 1. The lowest BCUT2D eigenvalue weighted by molar-refractivity contribution is -0.143. The highest BCUT2D eigenvalue weighted by Gasteiger charge is 2.37. The van der Waals surface area contributed by atoms with Crippen molar-refractivity contribution in [1.82, 2.24) is 0 Å². The SMILES string of the molecule is CO/N=C(\C)c1ccc(O)c(C(=O)Nc2cc(C(F)(F)F)cc(C(F)(F)F)c2)c1. The number of halogens is 6. The summed E-state index contributed by atoms with van der Waals surface area (Å²) in [5, 5.41) is 15.5. The van der Waals surface area contributed by atoms with Crippen LogP contribution in [0, 0.1) is 0 Å². The molecule has 0 atom stereocenters. The number of phenols is 1. The molecule has 1 amide bonds. The minimum atomic E-state index is -5.06. The van der Waals surface area contributed by atoms with Crippen molar-refractivity contribution < 1.29 is 41.1 Å². The molecule has 29 heavy (non-hydrogen) atoms. The van der Waals surface area contributed by atoms with E-state index in [4.69, 9.17) is 0 Å². The number of carbonyl (C=O) groups excluding carboxylic acids is 1. The molecule has 2 aromatic carbocycles. The summed E-state index contributed by atoms with van der Waals surface area (Å²) in [5.74, 6) is -1.64. The van der Waals surface area contributed by atoms with Gasteiger partial charge in [0.15, 0.2) is 0 Å². The Kier molecular flexibility index (Phi) is 6.10. The van der Waals surface area contributed by atoms with Gasteiger partial charge in [0.2, 0.25) is 0 Å². The van der Waals surface area contributed by atoms with Crippen LogP contribution in [0.15, 0.2) is 41.6 Å². The predicted octanol–water partition coefficient (Wildman–Crippen LogP) is 5.05. The molecule has 2 N–H and O–H groups in total. The molecule has 2 rings (SSSR count). The molecule has 0 saturated carbocycles. The van der Waals surface area contributed by atoms with Gasteiger partial charge in [0.1, 0.15) is 12.9 Å². The topological polar surface area (TPSA) is 70.9 Å². The molecular formula is C18H14F6N2O3. The number of aromatic hydroxyl groups is 1. The highest BCUT2D eigenvalue weighted by molar-refractivity contribution is 6.08. The minimum Gasteiger partial charge on any atom is -0.507 e. The number of oxime groups is 1. The van der Waals surface area contributed by atoms with Crippen LogP contribution in [0.3, 0.4) is 0 Å². The number of anilines is 1. The maximum absolute atomic E-state index is 12.9. The quantitative estimate of drug-likeness (QED) is 0.413. The average Bonchev–Trinajstić information content (AvgIpc) is 2.60. The van der Waals surface area contributed by atoms with E-state index in [0.29, 0.717) is 23.4 Å². The van der Waals surface area contributed by atoms with Crippen LogP contribution in [0.5, 0.6) is 5.75 Å². The van der Waals surface area contributed by atoms with Crippen LogP contribution in [0.2, 0.25) is 0 Å². The zero-order valence-electron chi connectivity index (χ0n) is 14.9. The van der Waals surface area contributed by atoms with Crippen LogP contribution < -0.4 is 5.32 Å². The smallest absolute Gasteiger partial charge is 0.416 e. The number of phenolic OH excluding ortho intramolecular Hbond substituents is 1. The van der Waals surface area contributed by atoms with Gasteiger partial charge in [-0.1, -0.05) is 5.16 Å². The lowest BCUT2D eigenvalue weighted by Gasteiger charge is -2.15. The van der Waals surface area contributed by atoms with Crippen molar-refractivity contribution in [2.45, 2.75) is 19.3 Å². The van der Waals surface area contributed by atoms with Crippen LogP contribution in [-0.4, -0.2) is 23.8 Å². The van der Waals surface area contributed by atoms with Crippen LogP contribution in [0.1, 0.15) is 34.0 Å². The lowest BCUT2D eigenvalue weighted by atomic mass is 10.0. The molecular weight excluding hydrogens is 406 g/mol. The molecule has 0 unspecified atom stereocenters. The Balaban J connectivity index is 2.45. The van der Waals surface area contributed by atoms with Gasteiger partial charge in [-0.2, -0.15) is 26.3 Å². The molecule has 0 saturated heterocycles. The maximum Gasteiger partial charge on any atom is 0.416 e. The Hall–Kier alpha value is -3.24. The van der Waals surface area contributed by atoms with Gasteiger partial charge in [0, 0.05) is 11.3 Å². The fraction of sp³-hybridized carbons (Fsp3) is 0.222. The Morgan fingerprint density at radius 2 is 1.55 bits per heavy atom. The second kappa shape index (κ2) is 8.02. The largest absolute Gasteiger partial charge is 0.507 e. The third kappa shape index (κ3) is 5.39. The summed E-state index contributed by atoms with van der Waals surface area (Å²) in [7, 11) is 1.28. The predicted molar refractivity (Wildman–Crippen MR) is 91.7 cm³/mol. The van der Waals surface area contributed by atoms with E-state index >= 15 is 0 Å². The molecule has 156 valence electrons. The van der Waals surface area contributed by atoms with Crippen LogP contribution >= 0.6 is 0 Å². The Morgan fingerprint density at radius 1 is 1.00 bits per heavy atom. The van der Waals surface area contributed by atoms with Crippen molar-refractivity contribution in [1.29, 1.82) is 0 Å². The fourth-order valence-corrected chi connectivity index (χ4v) is 2.36. The third-order valence-electron chi connectivity index (χ3n) is 3.73. The molecule has 0 spiro atoms. The number of nitrogens with one attached hydrogen (secondary N) is 1. The second-order valence-corrected chi connectivity index (χ2v) is 5.84. The first-order valence-corrected chi connectivity index (χ1v) is 7.85. The Morgan fingerprint density at radius 3 is 2.03 bits per heavy atom. The van der Waals surface area contributed by atoms with Crippen molar-refractivity contribution in [3.05, 3.63) is 58.7 Å². The first kappa shape index (κ1) is 22.1. The van der Waals surface area contributed by atoms with Gasteiger partial charge >= 0.3 is 12.4 Å². The highest BCUT2D eigenvalue weighted by atomic mass is 19.4. The van der Waals surface area contributed by atoms with E-state index in [0.717, 1.165) is 6.07 Å². The number of amides is 1. The first-order chi connectivity index (χ1) is 13.3. The summed E-state index contributed by atoms with van der Waals surface area (Å²) in [6.07, 6.45) is -10.1. The van der Waals surface area contributed by atoms with E-state index in [-0.39, 0.29) is 11.6 Å². The minimum absolute atomic E-state index is 0.0572. The fourth-order valence-electron chi connectivity index (χ4n) is 2.36. The van der Waals surface area contributed by atoms with Crippen molar-refractivity contribution in [2.24, 2.45) is 5.16 Å². The van der Waals surface area contributed by atoms with Crippen molar-refractivity contribution in [2.75, 3.05) is 12.4 Å². The Labute approximate surface area is 160 Å².